The van der Waals surface area contributed by atoms with E-state index in [9.17, 15) is 14.0 Å². The predicted octanol–water partition coefficient (Wildman–Crippen LogP) is 3.01. The number of piperidine rings is 1. The van der Waals surface area contributed by atoms with Crippen molar-refractivity contribution in [3.63, 3.8) is 0 Å². The molecule has 0 unspecified atom stereocenters. The summed E-state index contributed by atoms with van der Waals surface area (Å²) < 4.78 is 39.5. The number of carbonyl (C=O) groups excluding carboxylic acids is 1. The maximum absolute atomic E-state index is 15.4. The Morgan fingerprint density at radius 2 is 2.19 bits per heavy atom. The minimum atomic E-state index is -1.99. The quantitative estimate of drug-likeness (QED) is 0.553. The van der Waals surface area contributed by atoms with Gasteiger partial charge in [-0.3, -0.25) is 4.79 Å². The van der Waals surface area contributed by atoms with E-state index in [0.29, 0.717) is 0 Å². The maximum Gasteiger partial charge on any atom is 0.409 e. The van der Waals surface area contributed by atoms with Crippen LogP contribution in [0.3, 0.4) is 0 Å². The zero-order valence-electron chi connectivity index (χ0n) is 14.8. The van der Waals surface area contributed by atoms with Gasteiger partial charge < -0.3 is 19.5 Å². The average Bonchev–Trinajstić information content (AvgIpc) is 2.62. The zero-order chi connectivity index (χ0) is 20.0. The van der Waals surface area contributed by atoms with E-state index in [1.807, 2.05) is 0 Å². The number of likely N-dealkylation sites (tertiary alicyclic amines) is 1. The molecule has 27 heavy (non-hydrogen) atoms. The van der Waals surface area contributed by atoms with Gasteiger partial charge >= 0.3 is 12.1 Å². The van der Waals surface area contributed by atoms with Gasteiger partial charge in [0.2, 0.25) is 5.95 Å². The number of hydrogen-bond donors (Lipinski definition) is 1. The second-order valence-electron chi connectivity index (χ2n) is 6.32. The van der Waals surface area contributed by atoms with Crippen molar-refractivity contribution in [3.05, 3.63) is 28.8 Å². The number of nitrogens with zero attached hydrogens (tertiary/aromatic N) is 2. The van der Waals surface area contributed by atoms with Crippen LogP contribution in [0.15, 0.2) is 12.3 Å². The van der Waals surface area contributed by atoms with Gasteiger partial charge in [0.05, 0.1) is 24.7 Å². The first-order valence-electron chi connectivity index (χ1n) is 8.45. The van der Waals surface area contributed by atoms with Crippen LogP contribution in [0.1, 0.15) is 25.3 Å². The molecule has 1 aliphatic heterocycles. The van der Waals surface area contributed by atoms with Crippen molar-refractivity contribution in [2.75, 3.05) is 32.9 Å². The summed E-state index contributed by atoms with van der Waals surface area (Å²) in [5, 5.41) is 8.61. The molecular weight excluding hydrogens is 386 g/mol. The lowest BCUT2D eigenvalue weighted by Gasteiger charge is -2.41. The summed E-state index contributed by atoms with van der Waals surface area (Å²) in [6, 6.07) is 1.23. The van der Waals surface area contributed by atoms with E-state index in [2.05, 4.69) is 4.98 Å². The highest BCUT2D eigenvalue weighted by Crippen LogP contribution is 2.42. The standard InChI is InChI=1S/C17H21ClF2N2O5/c1-11-10-22(16(25)27-7-6-26-5-2-14(23)24)4-3-17(11,20)13-8-12(18)9-21-15(13)19/h8-9,11H,2-7,10H2,1H3,(H,23,24)/t11-,17+/m0/s1. The van der Waals surface area contributed by atoms with E-state index >= 15 is 4.39 Å². The van der Waals surface area contributed by atoms with Gasteiger partial charge in [0, 0.05) is 37.2 Å². The Bertz CT molecular complexity index is 693. The van der Waals surface area contributed by atoms with Crippen LogP contribution in [0.25, 0.3) is 0 Å². The van der Waals surface area contributed by atoms with Gasteiger partial charge in [-0.1, -0.05) is 18.5 Å². The van der Waals surface area contributed by atoms with Crippen LogP contribution in [0, 0.1) is 11.9 Å². The van der Waals surface area contributed by atoms with E-state index in [-0.39, 0.29) is 56.3 Å². The SMILES string of the molecule is C[C@H]1CN(C(=O)OCCOCCC(=O)O)CC[C@]1(F)c1cc(Cl)cnc1F. The van der Waals surface area contributed by atoms with Crippen LogP contribution in [-0.4, -0.2) is 60.0 Å². The molecule has 2 atom stereocenters. The summed E-state index contributed by atoms with van der Waals surface area (Å²) in [5.41, 5.74) is -2.19. The van der Waals surface area contributed by atoms with Crippen molar-refractivity contribution in [3.8, 4) is 0 Å². The molecule has 10 heteroatoms. The molecule has 1 N–H and O–H groups in total. The molecule has 0 saturated carbocycles. The fourth-order valence-corrected chi connectivity index (χ4v) is 3.09. The lowest BCUT2D eigenvalue weighted by Crippen LogP contribution is -2.49. The summed E-state index contributed by atoms with van der Waals surface area (Å²) >= 11 is 5.81. The molecule has 2 rings (SSSR count). The lowest BCUT2D eigenvalue weighted by atomic mass is 9.79. The maximum atomic E-state index is 15.4. The Kier molecular flexibility index (Phi) is 7.32. The Morgan fingerprint density at radius 1 is 1.44 bits per heavy atom. The van der Waals surface area contributed by atoms with Crippen molar-refractivity contribution in [1.82, 2.24) is 9.88 Å². The minimum absolute atomic E-state index is 0.0250. The van der Waals surface area contributed by atoms with Gasteiger partial charge in [0.15, 0.2) is 0 Å². The highest BCUT2D eigenvalue weighted by atomic mass is 35.5. The molecule has 0 spiro atoms. The van der Waals surface area contributed by atoms with Crippen molar-refractivity contribution < 1.29 is 33.0 Å². The van der Waals surface area contributed by atoms with E-state index in [0.717, 1.165) is 6.20 Å². The third-order valence-corrected chi connectivity index (χ3v) is 4.65. The Balaban J connectivity index is 1.86. The van der Waals surface area contributed by atoms with Crippen molar-refractivity contribution in [2.45, 2.75) is 25.4 Å². The molecule has 0 aliphatic carbocycles. The molecule has 150 valence electrons. The first-order valence-corrected chi connectivity index (χ1v) is 8.83. The number of ether oxygens (including phenoxy) is 2. The topological polar surface area (TPSA) is 89.0 Å². The van der Waals surface area contributed by atoms with Gasteiger partial charge in [-0.25, -0.2) is 14.2 Å². The molecule has 1 saturated heterocycles. The number of aromatic nitrogens is 1. The third kappa shape index (κ3) is 5.49. The van der Waals surface area contributed by atoms with Crippen molar-refractivity contribution in [1.29, 1.82) is 0 Å². The number of alkyl halides is 1. The summed E-state index contributed by atoms with van der Waals surface area (Å²) in [6.07, 6.45) is 0.234. The molecule has 1 aliphatic rings. The molecular formula is C17H21ClF2N2O5. The van der Waals surface area contributed by atoms with E-state index in [4.69, 9.17) is 26.2 Å². The van der Waals surface area contributed by atoms with E-state index in [1.54, 1.807) is 6.92 Å². The predicted molar refractivity (Wildman–Crippen MR) is 91.8 cm³/mol. The molecule has 0 aromatic carbocycles. The fourth-order valence-electron chi connectivity index (χ4n) is 2.93. The van der Waals surface area contributed by atoms with Crippen LogP contribution in [0.4, 0.5) is 13.6 Å². The van der Waals surface area contributed by atoms with Crippen LogP contribution < -0.4 is 0 Å². The molecule has 0 bridgehead atoms. The van der Waals surface area contributed by atoms with Gasteiger partial charge in [0.1, 0.15) is 12.3 Å². The van der Waals surface area contributed by atoms with Crippen LogP contribution >= 0.6 is 11.6 Å². The van der Waals surface area contributed by atoms with Gasteiger partial charge in [-0.15, -0.1) is 0 Å². The van der Waals surface area contributed by atoms with Crippen LogP contribution in [-0.2, 0) is 19.9 Å². The number of carboxylic acid groups (broad SMARTS) is 1. The molecule has 1 aromatic rings. The van der Waals surface area contributed by atoms with Crippen molar-refractivity contribution >= 4 is 23.7 Å². The van der Waals surface area contributed by atoms with Crippen LogP contribution in [0.2, 0.25) is 5.02 Å². The second kappa shape index (κ2) is 9.27. The summed E-state index contributed by atoms with van der Waals surface area (Å²) in [5.74, 6) is -2.58. The first kappa shape index (κ1) is 21.3. The van der Waals surface area contributed by atoms with Crippen molar-refractivity contribution in [2.24, 2.45) is 5.92 Å². The number of halogens is 3. The highest BCUT2D eigenvalue weighted by molar-refractivity contribution is 6.30. The number of rotatable bonds is 7. The average molecular weight is 407 g/mol. The number of amides is 1. The monoisotopic (exact) mass is 406 g/mol. The van der Waals surface area contributed by atoms with Crippen LogP contribution in [0.5, 0.6) is 0 Å². The number of hydrogen-bond acceptors (Lipinski definition) is 5. The Morgan fingerprint density at radius 3 is 2.85 bits per heavy atom. The second-order valence-corrected chi connectivity index (χ2v) is 6.76. The number of carbonyl (C=O) groups is 2. The lowest BCUT2D eigenvalue weighted by molar-refractivity contribution is -0.138. The van der Waals surface area contributed by atoms with E-state index in [1.165, 1.54) is 11.0 Å². The van der Waals surface area contributed by atoms with E-state index < -0.39 is 29.6 Å². The zero-order valence-corrected chi connectivity index (χ0v) is 15.5. The number of aliphatic carboxylic acids is 1. The largest absolute Gasteiger partial charge is 0.481 e. The summed E-state index contributed by atoms with van der Waals surface area (Å²) in [4.78, 5) is 27.2. The highest BCUT2D eigenvalue weighted by Gasteiger charge is 2.46. The summed E-state index contributed by atoms with van der Waals surface area (Å²) in [6.45, 7) is 1.71. The van der Waals surface area contributed by atoms with Gasteiger partial charge in [-0.2, -0.15) is 4.39 Å². The molecule has 1 aromatic heterocycles. The normalized spacial score (nSPS) is 22.5. The third-order valence-electron chi connectivity index (χ3n) is 4.45. The first-order chi connectivity index (χ1) is 12.7. The molecule has 1 fully saturated rings. The summed E-state index contributed by atoms with van der Waals surface area (Å²) in [7, 11) is 0. The Labute approximate surface area is 160 Å². The molecule has 2 heterocycles. The molecule has 0 radical (unpaired) electrons. The number of carboxylic acids is 1. The van der Waals surface area contributed by atoms with Gasteiger partial charge in [-0.05, 0) is 6.07 Å². The fraction of sp³-hybridized carbons (Fsp3) is 0.588. The minimum Gasteiger partial charge on any atom is -0.481 e. The van der Waals surface area contributed by atoms with Gasteiger partial charge in [0.25, 0.3) is 0 Å². The molecule has 1 amide bonds. The molecule has 7 nitrogen and oxygen atoms in total. The smallest absolute Gasteiger partial charge is 0.409 e. The number of pyridine rings is 1. The Hall–Kier alpha value is -2.00.